The zero-order chi connectivity index (χ0) is 14.1. The van der Waals surface area contributed by atoms with Crippen LogP contribution < -0.4 is 0 Å². The van der Waals surface area contributed by atoms with Gasteiger partial charge in [-0.25, -0.2) is 0 Å². The van der Waals surface area contributed by atoms with E-state index < -0.39 is 0 Å². The van der Waals surface area contributed by atoms with Crippen LogP contribution in [0.4, 0.5) is 0 Å². The first kappa shape index (κ1) is 13.6. The predicted octanol–water partition coefficient (Wildman–Crippen LogP) is 0.918. The normalized spacial score (nSPS) is 26.8. The lowest BCUT2D eigenvalue weighted by Gasteiger charge is -2.37. The summed E-state index contributed by atoms with van der Waals surface area (Å²) in [6.07, 6.45) is 2.85. The molecule has 0 N–H and O–H groups in total. The minimum Gasteiger partial charge on any atom is -0.377 e. The number of hydrogen-bond donors (Lipinski definition) is 0. The van der Waals surface area contributed by atoms with Gasteiger partial charge in [-0.3, -0.25) is 9.69 Å². The molecule has 0 bridgehead atoms. The predicted molar refractivity (Wildman–Crippen MR) is 72.5 cm³/mol. The third-order valence-electron chi connectivity index (χ3n) is 4.25. The van der Waals surface area contributed by atoms with Gasteiger partial charge < -0.3 is 14.2 Å². The molecule has 2 aliphatic heterocycles. The summed E-state index contributed by atoms with van der Waals surface area (Å²) in [7, 11) is 0. The van der Waals surface area contributed by atoms with Gasteiger partial charge in [0.1, 0.15) is 11.3 Å². The third kappa shape index (κ3) is 2.45. The van der Waals surface area contributed by atoms with Crippen molar-refractivity contribution in [3.8, 4) is 0 Å². The SMILES string of the molecule is CCO[C@@H]1C[C@H]2CN(C(=O)c3cnoc3C)CCN2C1. The molecule has 20 heavy (non-hydrogen) atoms. The van der Waals surface area contributed by atoms with Crippen LogP contribution in [0.25, 0.3) is 0 Å². The van der Waals surface area contributed by atoms with Crippen LogP contribution in [0.15, 0.2) is 10.7 Å². The number of rotatable bonds is 3. The molecule has 3 heterocycles. The molecule has 1 aromatic heterocycles. The van der Waals surface area contributed by atoms with Crippen LogP contribution in [-0.4, -0.2) is 65.8 Å². The highest BCUT2D eigenvalue weighted by atomic mass is 16.5. The van der Waals surface area contributed by atoms with Crippen LogP contribution in [0, 0.1) is 6.92 Å². The molecule has 1 amide bonds. The fourth-order valence-electron chi connectivity index (χ4n) is 3.21. The van der Waals surface area contributed by atoms with Gasteiger partial charge >= 0.3 is 0 Å². The van der Waals surface area contributed by atoms with Crippen molar-refractivity contribution in [3.63, 3.8) is 0 Å². The summed E-state index contributed by atoms with van der Waals surface area (Å²) in [4.78, 5) is 16.8. The highest BCUT2D eigenvalue weighted by Gasteiger charge is 2.38. The fourth-order valence-corrected chi connectivity index (χ4v) is 3.21. The van der Waals surface area contributed by atoms with Gasteiger partial charge in [-0.15, -0.1) is 0 Å². The lowest BCUT2D eigenvalue weighted by atomic mass is 10.1. The van der Waals surface area contributed by atoms with E-state index >= 15 is 0 Å². The van der Waals surface area contributed by atoms with Gasteiger partial charge in [-0.05, 0) is 20.3 Å². The van der Waals surface area contributed by atoms with Gasteiger partial charge in [0, 0.05) is 38.8 Å². The molecular weight excluding hydrogens is 258 g/mol. The van der Waals surface area contributed by atoms with Crippen LogP contribution in [0.3, 0.4) is 0 Å². The number of ether oxygens (including phenoxy) is 1. The molecule has 1 aromatic rings. The molecule has 6 nitrogen and oxygen atoms in total. The Morgan fingerprint density at radius 3 is 3.05 bits per heavy atom. The molecule has 0 radical (unpaired) electrons. The summed E-state index contributed by atoms with van der Waals surface area (Å²) in [5.74, 6) is 0.624. The maximum atomic E-state index is 12.5. The molecule has 0 unspecified atom stereocenters. The zero-order valence-corrected chi connectivity index (χ0v) is 12.0. The van der Waals surface area contributed by atoms with E-state index in [2.05, 4.69) is 10.1 Å². The molecule has 2 aliphatic rings. The Balaban J connectivity index is 1.64. The number of carbonyl (C=O) groups is 1. The Labute approximate surface area is 118 Å². The Hall–Kier alpha value is -1.40. The number of hydrogen-bond acceptors (Lipinski definition) is 5. The highest BCUT2D eigenvalue weighted by Crippen LogP contribution is 2.25. The zero-order valence-electron chi connectivity index (χ0n) is 12.0. The van der Waals surface area contributed by atoms with E-state index in [4.69, 9.17) is 9.26 Å². The van der Waals surface area contributed by atoms with Gasteiger partial charge in [0.15, 0.2) is 0 Å². The van der Waals surface area contributed by atoms with Gasteiger partial charge in [-0.1, -0.05) is 5.16 Å². The average Bonchev–Trinajstić information content (AvgIpc) is 3.03. The number of carbonyl (C=O) groups excluding carboxylic acids is 1. The van der Waals surface area contributed by atoms with Crippen molar-refractivity contribution in [1.29, 1.82) is 0 Å². The monoisotopic (exact) mass is 279 g/mol. The molecule has 3 rings (SSSR count). The first-order valence-electron chi connectivity index (χ1n) is 7.25. The number of amides is 1. The molecule has 2 saturated heterocycles. The minimum atomic E-state index is 0.0308. The second kappa shape index (κ2) is 5.54. The van der Waals surface area contributed by atoms with E-state index in [9.17, 15) is 4.79 Å². The van der Waals surface area contributed by atoms with E-state index in [-0.39, 0.29) is 5.91 Å². The van der Waals surface area contributed by atoms with Gasteiger partial charge in [-0.2, -0.15) is 0 Å². The van der Waals surface area contributed by atoms with E-state index in [0.717, 1.165) is 39.2 Å². The van der Waals surface area contributed by atoms with E-state index in [1.165, 1.54) is 6.20 Å². The fraction of sp³-hybridized carbons (Fsp3) is 0.714. The van der Waals surface area contributed by atoms with E-state index in [1.54, 1.807) is 6.92 Å². The molecular formula is C14H21N3O3. The van der Waals surface area contributed by atoms with Crippen molar-refractivity contribution in [2.45, 2.75) is 32.4 Å². The maximum Gasteiger partial charge on any atom is 0.259 e. The maximum absolute atomic E-state index is 12.5. The van der Waals surface area contributed by atoms with E-state index in [1.807, 2.05) is 11.8 Å². The van der Waals surface area contributed by atoms with Crippen molar-refractivity contribution in [3.05, 3.63) is 17.5 Å². The Morgan fingerprint density at radius 1 is 1.50 bits per heavy atom. The summed E-state index contributed by atoms with van der Waals surface area (Å²) in [6.45, 7) is 8.01. The molecule has 2 atom stereocenters. The van der Waals surface area contributed by atoms with Gasteiger partial charge in [0.25, 0.3) is 5.91 Å². The van der Waals surface area contributed by atoms with Gasteiger partial charge in [0.2, 0.25) is 0 Å². The summed E-state index contributed by atoms with van der Waals surface area (Å²) in [5.41, 5.74) is 0.581. The Bertz CT molecular complexity index is 488. The van der Waals surface area contributed by atoms with Crippen molar-refractivity contribution in [2.24, 2.45) is 0 Å². The molecule has 110 valence electrons. The molecule has 0 aromatic carbocycles. The summed E-state index contributed by atoms with van der Waals surface area (Å²) < 4.78 is 10.7. The van der Waals surface area contributed by atoms with Crippen molar-refractivity contribution in [1.82, 2.24) is 15.0 Å². The highest BCUT2D eigenvalue weighted by molar-refractivity contribution is 5.94. The number of aromatic nitrogens is 1. The Morgan fingerprint density at radius 2 is 2.35 bits per heavy atom. The topological polar surface area (TPSA) is 58.8 Å². The first-order chi connectivity index (χ1) is 9.69. The lowest BCUT2D eigenvalue weighted by Crippen LogP contribution is -2.52. The van der Waals surface area contributed by atoms with Crippen molar-refractivity contribution in [2.75, 3.05) is 32.8 Å². The minimum absolute atomic E-state index is 0.0308. The van der Waals surface area contributed by atoms with Crippen LogP contribution in [-0.2, 0) is 4.74 Å². The van der Waals surface area contributed by atoms with Crippen molar-refractivity contribution >= 4 is 5.91 Å². The van der Waals surface area contributed by atoms with Crippen LogP contribution in [0.5, 0.6) is 0 Å². The second-order valence-electron chi connectivity index (χ2n) is 5.51. The number of piperazine rings is 1. The molecule has 0 spiro atoms. The largest absolute Gasteiger partial charge is 0.377 e. The third-order valence-corrected chi connectivity index (χ3v) is 4.25. The van der Waals surface area contributed by atoms with Gasteiger partial charge in [0.05, 0.1) is 12.3 Å². The summed E-state index contributed by atoms with van der Waals surface area (Å²) >= 11 is 0. The molecule has 0 aliphatic carbocycles. The smallest absolute Gasteiger partial charge is 0.259 e. The summed E-state index contributed by atoms with van der Waals surface area (Å²) in [5, 5.41) is 3.69. The lowest BCUT2D eigenvalue weighted by molar-refractivity contribution is 0.0552. The second-order valence-corrected chi connectivity index (χ2v) is 5.51. The van der Waals surface area contributed by atoms with E-state index in [0.29, 0.717) is 23.5 Å². The number of nitrogens with zero attached hydrogens (tertiary/aromatic N) is 3. The number of fused-ring (bicyclic) bond motifs is 1. The first-order valence-corrected chi connectivity index (χ1v) is 7.25. The van der Waals surface area contributed by atoms with Crippen LogP contribution >= 0.6 is 0 Å². The van der Waals surface area contributed by atoms with Crippen LogP contribution in [0.2, 0.25) is 0 Å². The summed E-state index contributed by atoms with van der Waals surface area (Å²) in [6, 6.07) is 0.421. The standard InChI is InChI=1S/C14H21N3O3/c1-3-19-12-6-11-8-17(5-4-16(11)9-12)14(18)13-7-15-20-10(13)2/h7,11-12H,3-6,8-9H2,1-2H3/t11-,12+/m0/s1. The number of aryl methyl sites for hydroxylation is 1. The van der Waals surface area contributed by atoms with Crippen molar-refractivity contribution < 1.29 is 14.1 Å². The van der Waals surface area contributed by atoms with Crippen LogP contribution in [0.1, 0.15) is 29.5 Å². The average molecular weight is 279 g/mol. The quantitative estimate of drug-likeness (QED) is 0.823. The molecule has 6 heteroatoms. The molecule has 2 fully saturated rings. The Kier molecular flexibility index (Phi) is 3.76. The molecule has 0 saturated carbocycles.